The van der Waals surface area contributed by atoms with Gasteiger partial charge in [0, 0.05) is 5.56 Å². The fourth-order valence-corrected chi connectivity index (χ4v) is 2.09. The van der Waals surface area contributed by atoms with Crippen molar-refractivity contribution < 1.29 is 14.3 Å². The molecule has 0 N–H and O–H groups in total. The Morgan fingerprint density at radius 3 is 2.33 bits per heavy atom. The van der Waals surface area contributed by atoms with Crippen LogP contribution in [0, 0.1) is 5.92 Å². The molecule has 0 saturated heterocycles. The molecule has 4 nitrogen and oxygen atoms in total. The molecule has 1 aliphatic heterocycles. The van der Waals surface area contributed by atoms with Gasteiger partial charge in [-0.25, -0.2) is 9.79 Å². The highest BCUT2D eigenvalue weighted by atomic mass is 16.6. The van der Waals surface area contributed by atoms with Crippen molar-refractivity contribution in [2.45, 2.75) is 26.3 Å². The maximum atomic E-state index is 12.0. The second-order valence-electron chi connectivity index (χ2n) is 4.65. The summed E-state index contributed by atoms with van der Waals surface area (Å²) in [7, 11) is 0. The number of ether oxygens (including phenoxy) is 1. The monoisotopic (exact) mass is 245 g/mol. The number of ketones is 1. The first-order valence-electron chi connectivity index (χ1n) is 5.87. The third-order valence-corrected chi connectivity index (χ3v) is 3.17. The number of hydrogen-bond acceptors (Lipinski definition) is 4. The quantitative estimate of drug-likeness (QED) is 0.604. The molecule has 0 radical (unpaired) electrons. The molecule has 0 bridgehead atoms. The number of esters is 1. The first kappa shape index (κ1) is 12.5. The molecule has 1 aromatic carbocycles. The van der Waals surface area contributed by atoms with Crippen molar-refractivity contribution in [2.75, 3.05) is 0 Å². The van der Waals surface area contributed by atoms with Crippen molar-refractivity contribution in [3.05, 3.63) is 35.9 Å². The van der Waals surface area contributed by atoms with E-state index in [2.05, 4.69) is 4.99 Å². The summed E-state index contributed by atoms with van der Waals surface area (Å²) in [5, 5.41) is 0. The van der Waals surface area contributed by atoms with E-state index in [0.29, 0.717) is 5.56 Å². The molecule has 0 spiro atoms. The Balaban J connectivity index is 2.49. The van der Waals surface area contributed by atoms with Crippen molar-refractivity contribution in [1.29, 1.82) is 0 Å². The molecular formula is C14H15NO3. The van der Waals surface area contributed by atoms with Gasteiger partial charge in [0.05, 0.1) is 0 Å². The second kappa shape index (κ2) is 4.37. The summed E-state index contributed by atoms with van der Waals surface area (Å²) in [6.07, 6.45) is 0. The van der Waals surface area contributed by atoms with Crippen LogP contribution in [0.1, 0.15) is 26.3 Å². The lowest BCUT2D eigenvalue weighted by Gasteiger charge is -2.22. The van der Waals surface area contributed by atoms with E-state index in [4.69, 9.17) is 4.74 Å². The second-order valence-corrected chi connectivity index (χ2v) is 4.65. The number of carbonyl (C=O) groups is 2. The number of cyclic esters (lactones) is 1. The van der Waals surface area contributed by atoms with Crippen LogP contribution in [-0.2, 0) is 14.3 Å². The summed E-state index contributed by atoms with van der Waals surface area (Å²) in [4.78, 5) is 28.1. The number of carbonyl (C=O) groups excluding carboxylic acids is 2. The molecular weight excluding hydrogens is 230 g/mol. The zero-order chi connectivity index (χ0) is 13.3. The maximum Gasteiger partial charge on any atom is 0.348 e. The number of Topliss-reactive ketones (excluding diaryl/α,β-unsaturated/α-hetero) is 1. The number of rotatable bonds is 3. The Morgan fingerprint density at radius 2 is 1.89 bits per heavy atom. The van der Waals surface area contributed by atoms with Crippen LogP contribution in [0.5, 0.6) is 0 Å². The summed E-state index contributed by atoms with van der Waals surface area (Å²) >= 11 is 0. The molecule has 1 atom stereocenters. The number of benzene rings is 1. The van der Waals surface area contributed by atoms with Crippen LogP contribution in [0.3, 0.4) is 0 Å². The van der Waals surface area contributed by atoms with Gasteiger partial charge in [-0.15, -0.1) is 0 Å². The summed E-state index contributed by atoms with van der Waals surface area (Å²) < 4.78 is 5.18. The molecule has 1 aromatic rings. The molecule has 0 fully saturated rings. The number of nitrogens with zero attached hydrogens (tertiary/aromatic N) is 1. The van der Waals surface area contributed by atoms with Crippen molar-refractivity contribution in [2.24, 2.45) is 10.9 Å². The fraction of sp³-hybridized carbons (Fsp3) is 0.357. The van der Waals surface area contributed by atoms with Crippen LogP contribution in [0.15, 0.2) is 35.3 Å². The van der Waals surface area contributed by atoms with Gasteiger partial charge < -0.3 is 4.74 Å². The van der Waals surface area contributed by atoms with Gasteiger partial charge in [-0.1, -0.05) is 32.0 Å². The van der Waals surface area contributed by atoms with Gasteiger partial charge in [-0.3, -0.25) is 4.79 Å². The van der Waals surface area contributed by atoms with Crippen molar-refractivity contribution in [3.63, 3.8) is 0 Å². The van der Waals surface area contributed by atoms with Gasteiger partial charge in [0.1, 0.15) is 0 Å². The van der Waals surface area contributed by atoms with Crippen LogP contribution in [0.2, 0.25) is 0 Å². The van der Waals surface area contributed by atoms with E-state index in [9.17, 15) is 9.59 Å². The molecule has 94 valence electrons. The molecule has 1 heterocycles. The third kappa shape index (κ3) is 1.74. The highest BCUT2D eigenvalue weighted by Crippen LogP contribution is 2.31. The smallest absolute Gasteiger partial charge is 0.348 e. The summed E-state index contributed by atoms with van der Waals surface area (Å²) in [6, 6.07) is 9.11. The minimum atomic E-state index is -1.38. The molecule has 2 rings (SSSR count). The number of hydrogen-bond donors (Lipinski definition) is 0. The van der Waals surface area contributed by atoms with Crippen LogP contribution >= 0.6 is 0 Å². The summed E-state index contributed by atoms with van der Waals surface area (Å²) in [5.41, 5.74) is -0.680. The largest absolute Gasteiger partial charge is 0.405 e. The number of aliphatic imine (C=N–C) groups is 1. The highest BCUT2D eigenvalue weighted by Gasteiger charge is 2.52. The standard InChI is InChI=1S/C14H15NO3/c1-9(2)14(10(3)16)13(17)18-12(15-14)11-7-5-4-6-8-11/h4-9H,1-3H3. The molecule has 0 aliphatic carbocycles. The van der Waals surface area contributed by atoms with E-state index in [0.717, 1.165) is 0 Å². The molecule has 0 aromatic heterocycles. The summed E-state index contributed by atoms with van der Waals surface area (Å²) in [6.45, 7) is 4.96. The minimum absolute atomic E-state index is 0.226. The lowest BCUT2D eigenvalue weighted by Crippen LogP contribution is -2.46. The van der Waals surface area contributed by atoms with Crippen molar-refractivity contribution in [3.8, 4) is 0 Å². The van der Waals surface area contributed by atoms with Crippen molar-refractivity contribution >= 4 is 17.7 Å². The van der Waals surface area contributed by atoms with Crippen molar-refractivity contribution in [1.82, 2.24) is 0 Å². The SMILES string of the molecule is CC(=O)C1(C(C)C)N=C(c2ccccc2)OC1=O. The van der Waals surface area contributed by atoms with Gasteiger partial charge in [0.2, 0.25) is 11.4 Å². The van der Waals surface area contributed by atoms with Gasteiger partial charge in [0.15, 0.2) is 5.78 Å². The molecule has 0 saturated carbocycles. The van der Waals surface area contributed by atoms with Gasteiger partial charge in [-0.2, -0.15) is 0 Å². The first-order valence-corrected chi connectivity index (χ1v) is 5.87. The van der Waals surface area contributed by atoms with Crippen LogP contribution in [0.25, 0.3) is 0 Å². The molecule has 1 unspecified atom stereocenters. The minimum Gasteiger partial charge on any atom is -0.405 e. The zero-order valence-corrected chi connectivity index (χ0v) is 10.6. The first-order chi connectivity index (χ1) is 8.48. The molecule has 0 amide bonds. The zero-order valence-electron chi connectivity index (χ0n) is 10.6. The van der Waals surface area contributed by atoms with E-state index in [1.807, 2.05) is 18.2 Å². The van der Waals surface area contributed by atoms with Crippen LogP contribution in [-0.4, -0.2) is 23.2 Å². The fourth-order valence-electron chi connectivity index (χ4n) is 2.09. The summed E-state index contributed by atoms with van der Waals surface area (Å²) in [5.74, 6) is -0.870. The predicted octanol–water partition coefficient (Wildman–Crippen LogP) is 1.97. The Labute approximate surface area is 106 Å². The van der Waals surface area contributed by atoms with Crippen LogP contribution in [0.4, 0.5) is 0 Å². The Bertz CT molecular complexity index is 519. The highest BCUT2D eigenvalue weighted by molar-refractivity contribution is 6.18. The average Bonchev–Trinajstić information content (AvgIpc) is 2.69. The molecule has 18 heavy (non-hydrogen) atoms. The lowest BCUT2D eigenvalue weighted by molar-refractivity contribution is -0.145. The normalized spacial score (nSPS) is 22.9. The van der Waals surface area contributed by atoms with E-state index >= 15 is 0 Å². The van der Waals surface area contributed by atoms with Gasteiger partial charge in [-0.05, 0) is 25.0 Å². The molecule has 4 heteroatoms. The third-order valence-electron chi connectivity index (χ3n) is 3.17. The van der Waals surface area contributed by atoms with Crippen LogP contribution < -0.4 is 0 Å². The topological polar surface area (TPSA) is 55.7 Å². The predicted molar refractivity (Wildman–Crippen MR) is 67.3 cm³/mol. The average molecular weight is 245 g/mol. The lowest BCUT2D eigenvalue weighted by atomic mass is 9.84. The van der Waals surface area contributed by atoms with E-state index < -0.39 is 11.5 Å². The van der Waals surface area contributed by atoms with Gasteiger partial charge >= 0.3 is 5.97 Å². The van der Waals surface area contributed by atoms with E-state index in [1.54, 1.807) is 26.0 Å². The van der Waals surface area contributed by atoms with Gasteiger partial charge in [0.25, 0.3) is 0 Å². The Hall–Kier alpha value is -1.97. The molecule has 1 aliphatic rings. The van der Waals surface area contributed by atoms with E-state index in [-0.39, 0.29) is 17.6 Å². The Morgan fingerprint density at radius 1 is 1.28 bits per heavy atom. The van der Waals surface area contributed by atoms with E-state index in [1.165, 1.54) is 6.92 Å². The maximum absolute atomic E-state index is 12.0. The Kier molecular flexibility index (Phi) is 3.03.